The molecule has 2 N–H and O–H groups in total. The summed E-state index contributed by atoms with van der Waals surface area (Å²) in [6.07, 6.45) is 2.05. The van der Waals surface area contributed by atoms with Crippen molar-refractivity contribution in [2.45, 2.75) is 47.5 Å². The van der Waals surface area contributed by atoms with E-state index < -0.39 is 0 Å². The molecule has 0 bridgehead atoms. The quantitative estimate of drug-likeness (QED) is 0.569. The summed E-state index contributed by atoms with van der Waals surface area (Å²) in [4.78, 5) is 21.4. The molecule has 0 rings (SSSR count). The first-order valence-electron chi connectivity index (χ1n) is 6.90. The van der Waals surface area contributed by atoms with Gasteiger partial charge in [-0.3, -0.25) is 9.59 Å². The highest BCUT2D eigenvalue weighted by Gasteiger charge is 2.06. The molecule has 114 valence electrons. The average molecular weight is 275 g/mol. The van der Waals surface area contributed by atoms with Crippen molar-refractivity contribution >= 4 is 11.9 Å². The zero-order valence-electron chi connectivity index (χ0n) is 12.9. The summed E-state index contributed by atoms with van der Waals surface area (Å²) >= 11 is 0. The van der Waals surface area contributed by atoms with Crippen molar-refractivity contribution in [3.63, 3.8) is 0 Å². The van der Waals surface area contributed by atoms with Gasteiger partial charge in [-0.25, -0.2) is 0 Å². The van der Waals surface area contributed by atoms with E-state index in [0.717, 1.165) is 12.8 Å². The number of unbranched alkanes of at least 4 members (excludes halogenated alkanes) is 1. The Balaban J connectivity index is 0. The number of rotatable bonds is 7. The van der Waals surface area contributed by atoms with E-state index in [2.05, 4.69) is 11.7 Å². The van der Waals surface area contributed by atoms with Crippen LogP contribution in [0.3, 0.4) is 0 Å². The van der Waals surface area contributed by atoms with Gasteiger partial charge in [0.15, 0.2) is 0 Å². The molecule has 0 radical (unpaired) electrons. The van der Waals surface area contributed by atoms with Gasteiger partial charge in [0.1, 0.15) is 6.61 Å². The Kier molecular flexibility index (Phi) is 14.2. The molecule has 0 unspecified atom stereocenters. The van der Waals surface area contributed by atoms with Gasteiger partial charge in [-0.2, -0.15) is 0 Å². The maximum atomic E-state index is 10.8. The number of ether oxygens (including phenoxy) is 2. The summed E-state index contributed by atoms with van der Waals surface area (Å²) in [5.41, 5.74) is 5.10. The van der Waals surface area contributed by atoms with Crippen molar-refractivity contribution in [1.29, 1.82) is 0 Å². The summed E-state index contributed by atoms with van der Waals surface area (Å²) in [7, 11) is 0. The van der Waals surface area contributed by atoms with Crippen LogP contribution in [0.4, 0.5) is 0 Å². The molecular formula is C14H29NO4. The van der Waals surface area contributed by atoms with Gasteiger partial charge in [0, 0.05) is 6.54 Å². The maximum Gasteiger partial charge on any atom is 0.308 e. The normalized spacial score (nSPS) is 9.89. The Hall–Kier alpha value is -1.10. The molecule has 0 fully saturated rings. The molecule has 0 heterocycles. The Morgan fingerprint density at radius 3 is 1.68 bits per heavy atom. The lowest BCUT2D eigenvalue weighted by Gasteiger charge is -2.04. The number of carbonyl (C=O) groups is 2. The highest BCUT2D eigenvalue weighted by atomic mass is 16.5. The fraction of sp³-hybridized carbons (Fsp3) is 0.857. The third-order valence-electron chi connectivity index (χ3n) is 2.05. The summed E-state index contributed by atoms with van der Waals surface area (Å²) in [6.45, 7) is 10.6. The Bertz CT molecular complexity index is 240. The second-order valence-electron chi connectivity index (χ2n) is 4.79. The molecule has 0 amide bonds. The number of nitrogens with two attached hydrogens (primary N) is 1. The van der Waals surface area contributed by atoms with E-state index in [-0.39, 0.29) is 23.8 Å². The lowest BCUT2D eigenvalue weighted by Crippen LogP contribution is -2.17. The van der Waals surface area contributed by atoms with Crippen LogP contribution in [-0.2, 0) is 19.1 Å². The number of esters is 2. The summed E-state index contributed by atoms with van der Waals surface area (Å²) in [5.74, 6) is -0.303. The average Bonchev–Trinajstić information content (AvgIpc) is 2.36. The molecule has 0 saturated carbocycles. The highest BCUT2D eigenvalue weighted by Crippen LogP contribution is 1.97. The first-order valence-corrected chi connectivity index (χ1v) is 6.90. The van der Waals surface area contributed by atoms with E-state index >= 15 is 0 Å². The molecule has 0 aromatic carbocycles. The van der Waals surface area contributed by atoms with E-state index in [4.69, 9.17) is 10.5 Å². The van der Waals surface area contributed by atoms with Gasteiger partial charge in [-0.1, -0.05) is 41.0 Å². The second-order valence-corrected chi connectivity index (χ2v) is 4.79. The predicted molar refractivity (Wildman–Crippen MR) is 75.6 cm³/mol. The molecule has 0 aromatic heterocycles. The van der Waals surface area contributed by atoms with Crippen LogP contribution in [0.15, 0.2) is 0 Å². The predicted octanol–water partition coefficient (Wildman–Crippen LogP) is 2.13. The van der Waals surface area contributed by atoms with Gasteiger partial charge < -0.3 is 15.2 Å². The first-order chi connectivity index (χ1) is 8.86. The number of hydrogen-bond acceptors (Lipinski definition) is 5. The third-order valence-corrected chi connectivity index (χ3v) is 2.05. The lowest BCUT2D eigenvalue weighted by molar-refractivity contribution is -0.148. The lowest BCUT2D eigenvalue weighted by atomic mass is 10.2. The van der Waals surface area contributed by atoms with Crippen LogP contribution in [0, 0.1) is 11.8 Å². The summed E-state index contributed by atoms with van der Waals surface area (Å²) in [6, 6.07) is 0. The van der Waals surface area contributed by atoms with Gasteiger partial charge in [0.2, 0.25) is 0 Å². The standard InChI is InChI=1S/C8H16O2.C6H13NO2/c1-4-5-6-10-8(9)7(2)3;1-5(2)6(8)9-4-3-7/h7H,4-6H2,1-3H3;5H,3-4,7H2,1-2H3. The largest absolute Gasteiger partial charge is 0.465 e. The Morgan fingerprint density at radius 2 is 1.37 bits per heavy atom. The van der Waals surface area contributed by atoms with Crippen molar-refractivity contribution in [1.82, 2.24) is 0 Å². The summed E-state index contributed by atoms with van der Waals surface area (Å²) < 4.78 is 9.59. The van der Waals surface area contributed by atoms with Crippen molar-refractivity contribution in [2.24, 2.45) is 17.6 Å². The van der Waals surface area contributed by atoms with Gasteiger partial charge in [0.25, 0.3) is 0 Å². The van der Waals surface area contributed by atoms with Crippen LogP contribution in [0.2, 0.25) is 0 Å². The third kappa shape index (κ3) is 14.8. The SMILES string of the molecule is CC(C)C(=O)OCCN.CCCCOC(=O)C(C)C. The Morgan fingerprint density at radius 1 is 0.947 bits per heavy atom. The van der Waals surface area contributed by atoms with Gasteiger partial charge in [0.05, 0.1) is 18.4 Å². The number of carbonyl (C=O) groups excluding carboxylic acids is 2. The monoisotopic (exact) mass is 275 g/mol. The molecule has 5 heteroatoms. The van der Waals surface area contributed by atoms with Crippen molar-refractivity contribution in [2.75, 3.05) is 19.8 Å². The molecule has 0 aromatic rings. The molecule has 0 aliphatic rings. The molecule has 0 saturated heterocycles. The van der Waals surface area contributed by atoms with Crippen LogP contribution >= 0.6 is 0 Å². The van der Waals surface area contributed by atoms with E-state index in [1.54, 1.807) is 13.8 Å². The summed E-state index contributed by atoms with van der Waals surface area (Å²) in [5, 5.41) is 0. The minimum atomic E-state index is -0.180. The maximum absolute atomic E-state index is 10.8. The molecular weight excluding hydrogens is 246 g/mol. The molecule has 19 heavy (non-hydrogen) atoms. The molecule has 0 atom stereocenters. The van der Waals surface area contributed by atoms with Gasteiger partial charge >= 0.3 is 11.9 Å². The minimum Gasteiger partial charge on any atom is -0.465 e. The van der Waals surface area contributed by atoms with Crippen molar-refractivity contribution in [3.05, 3.63) is 0 Å². The Labute approximate surface area is 116 Å². The topological polar surface area (TPSA) is 78.6 Å². The molecule has 0 aliphatic heterocycles. The van der Waals surface area contributed by atoms with E-state index in [0.29, 0.717) is 19.8 Å². The fourth-order valence-corrected chi connectivity index (χ4v) is 0.810. The van der Waals surface area contributed by atoms with Crippen LogP contribution in [0.5, 0.6) is 0 Å². The number of hydrogen-bond donors (Lipinski definition) is 1. The van der Waals surface area contributed by atoms with Gasteiger partial charge in [-0.05, 0) is 6.42 Å². The fourth-order valence-electron chi connectivity index (χ4n) is 0.810. The van der Waals surface area contributed by atoms with E-state index in [9.17, 15) is 9.59 Å². The minimum absolute atomic E-state index is 0.0110. The van der Waals surface area contributed by atoms with Crippen LogP contribution in [-0.4, -0.2) is 31.7 Å². The molecule has 5 nitrogen and oxygen atoms in total. The molecule has 0 aliphatic carbocycles. The van der Waals surface area contributed by atoms with Crippen molar-refractivity contribution in [3.8, 4) is 0 Å². The van der Waals surface area contributed by atoms with E-state index in [1.807, 2.05) is 13.8 Å². The zero-order valence-corrected chi connectivity index (χ0v) is 12.9. The first kappa shape index (κ1) is 20.2. The second kappa shape index (κ2) is 13.3. The van der Waals surface area contributed by atoms with Crippen molar-refractivity contribution < 1.29 is 19.1 Å². The van der Waals surface area contributed by atoms with Gasteiger partial charge in [-0.15, -0.1) is 0 Å². The van der Waals surface area contributed by atoms with Crippen LogP contribution < -0.4 is 5.73 Å². The van der Waals surface area contributed by atoms with Crippen LogP contribution in [0.25, 0.3) is 0 Å². The highest BCUT2D eigenvalue weighted by molar-refractivity contribution is 5.71. The van der Waals surface area contributed by atoms with E-state index in [1.165, 1.54) is 0 Å². The molecule has 0 spiro atoms. The smallest absolute Gasteiger partial charge is 0.308 e. The zero-order chi connectivity index (χ0) is 15.3. The van der Waals surface area contributed by atoms with Crippen LogP contribution in [0.1, 0.15) is 47.5 Å².